The molecule has 44 heavy (non-hydrogen) atoms. The molecular weight excluding hydrogens is 550 g/mol. The first-order valence-electron chi connectivity index (χ1n) is 14.7. The Bertz CT molecular complexity index is 1600. The van der Waals surface area contributed by atoms with Crippen LogP contribution in [0.4, 0.5) is 4.79 Å². The van der Waals surface area contributed by atoms with Crippen LogP contribution in [0.25, 0.3) is 11.1 Å². The molecule has 0 unspecified atom stereocenters. The molecule has 6 nitrogen and oxygen atoms in total. The SMILES string of the molecule is C[C@@H](OC(c1ccccc1)(c1ccccc1)c1ccccc1)[C@@H](NC(=O)OCC1c2ccccc2-c2ccccc21)C(=O)O. The van der Waals surface area contributed by atoms with Crippen LogP contribution in [-0.4, -0.2) is 35.9 Å². The van der Waals surface area contributed by atoms with Crippen molar-refractivity contribution in [3.8, 4) is 11.1 Å². The van der Waals surface area contributed by atoms with Crippen molar-refractivity contribution in [2.75, 3.05) is 6.61 Å². The van der Waals surface area contributed by atoms with E-state index in [2.05, 4.69) is 17.4 Å². The first kappa shape index (κ1) is 28.9. The predicted octanol–water partition coefficient (Wildman–Crippen LogP) is 7.38. The lowest BCUT2D eigenvalue weighted by Gasteiger charge is -2.39. The molecular formula is C38H33NO5. The largest absolute Gasteiger partial charge is 0.480 e. The summed E-state index contributed by atoms with van der Waals surface area (Å²) < 4.78 is 12.5. The highest BCUT2D eigenvalue weighted by molar-refractivity contribution is 5.81. The number of aliphatic carboxylic acids is 1. The molecule has 0 saturated heterocycles. The molecule has 0 saturated carbocycles. The van der Waals surface area contributed by atoms with Gasteiger partial charge in [0.2, 0.25) is 0 Å². The van der Waals surface area contributed by atoms with Crippen molar-refractivity contribution in [2.24, 2.45) is 0 Å². The van der Waals surface area contributed by atoms with E-state index in [-0.39, 0.29) is 12.5 Å². The first-order valence-corrected chi connectivity index (χ1v) is 14.7. The van der Waals surface area contributed by atoms with Crippen LogP contribution in [0.15, 0.2) is 140 Å². The van der Waals surface area contributed by atoms with Gasteiger partial charge in [0.05, 0.1) is 6.10 Å². The molecule has 5 aromatic rings. The number of ether oxygens (including phenoxy) is 2. The number of benzene rings is 5. The molecule has 0 fully saturated rings. The van der Waals surface area contributed by atoms with Crippen LogP contribution in [0.5, 0.6) is 0 Å². The fourth-order valence-electron chi connectivity index (χ4n) is 6.22. The molecule has 0 bridgehead atoms. The summed E-state index contributed by atoms with van der Waals surface area (Å²) in [4.78, 5) is 25.8. The number of fused-ring (bicyclic) bond motifs is 3. The van der Waals surface area contributed by atoms with E-state index in [1.54, 1.807) is 6.92 Å². The Morgan fingerprint density at radius 3 is 1.52 bits per heavy atom. The average Bonchev–Trinajstić information content (AvgIpc) is 3.39. The zero-order valence-corrected chi connectivity index (χ0v) is 24.3. The van der Waals surface area contributed by atoms with Crippen molar-refractivity contribution >= 4 is 12.1 Å². The van der Waals surface area contributed by atoms with Crippen LogP contribution in [0.2, 0.25) is 0 Å². The lowest BCUT2D eigenvalue weighted by Crippen LogP contribution is -2.51. The van der Waals surface area contributed by atoms with Gasteiger partial charge in [-0.1, -0.05) is 140 Å². The molecule has 0 aromatic heterocycles. The zero-order chi connectivity index (χ0) is 30.5. The summed E-state index contributed by atoms with van der Waals surface area (Å²) in [5, 5.41) is 12.9. The van der Waals surface area contributed by atoms with E-state index < -0.39 is 29.8 Å². The van der Waals surface area contributed by atoms with Crippen molar-refractivity contribution in [1.82, 2.24) is 5.32 Å². The molecule has 6 rings (SSSR count). The van der Waals surface area contributed by atoms with Gasteiger partial charge < -0.3 is 19.9 Å². The smallest absolute Gasteiger partial charge is 0.407 e. The van der Waals surface area contributed by atoms with Crippen LogP contribution in [0.3, 0.4) is 0 Å². The van der Waals surface area contributed by atoms with Gasteiger partial charge in [-0.3, -0.25) is 0 Å². The number of rotatable bonds is 10. The van der Waals surface area contributed by atoms with Gasteiger partial charge in [-0.2, -0.15) is 0 Å². The van der Waals surface area contributed by atoms with Gasteiger partial charge in [0.25, 0.3) is 0 Å². The molecule has 1 amide bonds. The van der Waals surface area contributed by atoms with Gasteiger partial charge in [0.1, 0.15) is 12.2 Å². The van der Waals surface area contributed by atoms with Crippen LogP contribution in [0.1, 0.15) is 40.7 Å². The average molecular weight is 584 g/mol. The monoisotopic (exact) mass is 583 g/mol. The number of amides is 1. The van der Waals surface area contributed by atoms with Crippen LogP contribution < -0.4 is 5.32 Å². The number of carbonyl (C=O) groups excluding carboxylic acids is 1. The third-order valence-electron chi connectivity index (χ3n) is 8.26. The lowest BCUT2D eigenvalue weighted by atomic mass is 9.79. The zero-order valence-electron chi connectivity index (χ0n) is 24.3. The number of alkyl carbamates (subject to hydrolysis) is 1. The summed E-state index contributed by atoms with van der Waals surface area (Å²) in [6.45, 7) is 1.73. The summed E-state index contributed by atoms with van der Waals surface area (Å²) in [5.41, 5.74) is 5.71. The second-order valence-corrected chi connectivity index (χ2v) is 10.9. The predicted molar refractivity (Wildman–Crippen MR) is 169 cm³/mol. The quantitative estimate of drug-likeness (QED) is 0.168. The molecule has 0 aliphatic heterocycles. The Hall–Kier alpha value is -5.20. The van der Waals surface area contributed by atoms with Gasteiger partial charge in [0.15, 0.2) is 6.04 Å². The highest BCUT2D eigenvalue weighted by atomic mass is 16.6. The van der Waals surface area contributed by atoms with E-state index in [1.807, 2.05) is 127 Å². The number of hydrogen-bond acceptors (Lipinski definition) is 4. The Balaban J connectivity index is 1.26. The maximum atomic E-state index is 13.2. The molecule has 1 aliphatic carbocycles. The highest BCUT2D eigenvalue weighted by Crippen LogP contribution is 2.45. The van der Waals surface area contributed by atoms with E-state index in [4.69, 9.17) is 9.47 Å². The Kier molecular flexibility index (Phi) is 8.26. The molecule has 220 valence electrons. The van der Waals surface area contributed by atoms with Gasteiger partial charge >= 0.3 is 12.1 Å². The van der Waals surface area contributed by atoms with E-state index in [0.29, 0.717) is 0 Å². The van der Waals surface area contributed by atoms with E-state index in [9.17, 15) is 14.7 Å². The third-order valence-corrected chi connectivity index (χ3v) is 8.26. The summed E-state index contributed by atoms with van der Waals surface area (Å²) in [5.74, 6) is -1.37. The van der Waals surface area contributed by atoms with Gasteiger partial charge in [-0.15, -0.1) is 0 Å². The van der Waals surface area contributed by atoms with Crippen molar-refractivity contribution in [1.29, 1.82) is 0 Å². The van der Waals surface area contributed by atoms with Crippen LogP contribution in [-0.2, 0) is 19.9 Å². The summed E-state index contributed by atoms with van der Waals surface area (Å²) >= 11 is 0. The van der Waals surface area contributed by atoms with Crippen LogP contribution in [0, 0.1) is 0 Å². The van der Waals surface area contributed by atoms with E-state index >= 15 is 0 Å². The fourth-order valence-corrected chi connectivity index (χ4v) is 6.22. The summed E-state index contributed by atoms with van der Waals surface area (Å²) in [7, 11) is 0. The number of nitrogens with one attached hydrogen (secondary N) is 1. The maximum absolute atomic E-state index is 13.2. The number of carboxylic acid groups (broad SMARTS) is 1. The van der Waals surface area contributed by atoms with Gasteiger partial charge in [-0.25, -0.2) is 9.59 Å². The van der Waals surface area contributed by atoms with Crippen LogP contribution >= 0.6 is 0 Å². The summed E-state index contributed by atoms with van der Waals surface area (Å²) in [6, 6.07) is 43.8. The van der Waals surface area contributed by atoms with Gasteiger partial charge in [0, 0.05) is 5.92 Å². The third kappa shape index (κ3) is 5.48. The topological polar surface area (TPSA) is 84.9 Å². The van der Waals surface area contributed by atoms with Crippen molar-refractivity contribution in [2.45, 2.75) is 30.6 Å². The van der Waals surface area contributed by atoms with E-state index in [1.165, 1.54) is 0 Å². The normalized spacial score (nSPS) is 13.8. The lowest BCUT2D eigenvalue weighted by molar-refractivity contribution is -0.146. The van der Waals surface area contributed by atoms with E-state index in [0.717, 1.165) is 38.9 Å². The minimum Gasteiger partial charge on any atom is -0.480 e. The van der Waals surface area contributed by atoms with Gasteiger partial charge in [-0.05, 0) is 45.9 Å². The summed E-state index contributed by atoms with van der Waals surface area (Å²) in [6.07, 6.45) is -1.78. The molecule has 1 aliphatic rings. The second kappa shape index (κ2) is 12.6. The number of carbonyl (C=O) groups is 2. The molecule has 6 heteroatoms. The van der Waals surface area contributed by atoms with Crippen molar-refractivity contribution in [3.63, 3.8) is 0 Å². The number of carboxylic acids is 1. The molecule has 0 spiro atoms. The van der Waals surface area contributed by atoms with Crippen molar-refractivity contribution in [3.05, 3.63) is 167 Å². The minimum absolute atomic E-state index is 0.0728. The first-order chi connectivity index (χ1) is 21.5. The second-order valence-electron chi connectivity index (χ2n) is 10.9. The Morgan fingerprint density at radius 2 is 1.09 bits per heavy atom. The Labute approximate surface area is 256 Å². The fraction of sp³-hybridized carbons (Fsp3) is 0.158. The maximum Gasteiger partial charge on any atom is 0.407 e. The number of hydrogen-bond donors (Lipinski definition) is 2. The standard InChI is InChI=1S/C38H33NO5/c1-26(44-38(27-15-5-2-6-16-27,28-17-7-3-8-18-28)29-19-9-4-10-20-29)35(36(40)41)39-37(42)43-25-34-32-23-13-11-21-30(32)31-22-12-14-24-33(31)34/h2-24,26,34-35H,25H2,1H3,(H,39,42)(H,40,41)/t26-,35-/m1/s1. The molecule has 2 atom stereocenters. The molecule has 0 heterocycles. The highest BCUT2D eigenvalue weighted by Gasteiger charge is 2.42. The Morgan fingerprint density at radius 1 is 0.682 bits per heavy atom. The molecule has 2 N–H and O–H groups in total. The molecule has 5 aromatic carbocycles. The molecule has 0 radical (unpaired) electrons. The van der Waals surface area contributed by atoms with Crippen molar-refractivity contribution < 1.29 is 24.2 Å². The minimum atomic E-state index is -1.39.